The molecule has 17 heavy (non-hydrogen) atoms. The Kier molecular flexibility index (Phi) is 4.28. The molecule has 1 N–H and O–H groups in total. The van der Waals surface area contributed by atoms with Gasteiger partial charge in [-0.1, -0.05) is 6.07 Å². The van der Waals surface area contributed by atoms with Gasteiger partial charge in [-0.25, -0.2) is 0 Å². The summed E-state index contributed by atoms with van der Waals surface area (Å²) < 4.78 is 0. The highest BCUT2D eigenvalue weighted by Gasteiger charge is 2.38. The zero-order chi connectivity index (χ0) is 13.1. The van der Waals surface area contributed by atoms with Crippen LogP contribution in [-0.2, 0) is 16.1 Å². The number of hydrogen-bond donors (Lipinski definition) is 1. The van der Waals surface area contributed by atoms with Crippen LogP contribution in [-0.4, -0.2) is 28.4 Å². The van der Waals surface area contributed by atoms with E-state index in [1.807, 2.05) is 24.4 Å². The van der Waals surface area contributed by atoms with Gasteiger partial charge in [0.2, 0.25) is 5.91 Å². The Balaban J connectivity index is 2.81. The Hall–Kier alpha value is -1.36. The molecule has 94 valence electrons. The molecular formula is C12H17NO3S. The molecule has 0 aliphatic rings. The second kappa shape index (κ2) is 5.31. The molecule has 4 nitrogen and oxygen atoms in total. The molecule has 0 unspecified atom stereocenters. The minimum absolute atomic E-state index is 0.346. The molecule has 0 spiro atoms. The zero-order valence-electron chi connectivity index (χ0n) is 10.3. The number of hydrogen-bond acceptors (Lipinski definition) is 3. The summed E-state index contributed by atoms with van der Waals surface area (Å²) in [5, 5.41) is 11.0. The number of thiophene rings is 1. The standard InChI is InChI=1S/C12H17NO3S/c1-4-13(8-9-6-5-7-17-9)10(14)12(2,3)11(15)16/h5-7H,4,8H2,1-3H3,(H,15,16). The smallest absolute Gasteiger partial charge is 0.318 e. The van der Waals surface area contributed by atoms with E-state index < -0.39 is 11.4 Å². The van der Waals surface area contributed by atoms with Crippen molar-refractivity contribution in [1.82, 2.24) is 4.90 Å². The van der Waals surface area contributed by atoms with Crippen molar-refractivity contribution in [3.63, 3.8) is 0 Å². The fourth-order valence-corrected chi connectivity index (χ4v) is 2.12. The quantitative estimate of drug-likeness (QED) is 0.821. The summed E-state index contributed by atoms with van der Waals surface area (Å²) in [5.74, 6) is -1.44. The van der Waals surface area contributed by atoms with Gasteiger partial charge in [0.25, 0.3) is 0 Å². The van der Waals surface area contributed by atoms with Crippen molar-refractivity contribution < 1.29 is 14.7 Å². The molecule has 5 heteroatoms. The number of carbonyl (C=O) groups is 2. The van der Waals surface area contributed by atoms with Gasteiger partial charge in [0.15, 0.2) is 0 Å². The summed E-state index contributed by atoms with van der Waals surface area (Å²) in [7, 11) is 0. The van der Waals surface area contributed by atoms with Crippen molar-refractivity contribution in [2.24, 2.45) is 5.41 Å². The van der Waals surface area contributed by atoms with E-state index >= 15 is 0 Å². The first kappa shape index (κ1) is 13.7. The van der Waals surface area contributed by atoms with Gasteiger partial charge in [-0.15, -0.1) is 11.3 Å². The van der Waals surface area contributed by atoms with Crippen molar-refractivity contribution in [2.75, 3.05) is 6.54 Å². The Bertz CT molecular complexity index is 398. The molecule has 1 aromatic rings. The number of carbonyl (C=O) groups excluding carboxylic acids is 1. The van der Waals surface area contributed by atoms with Gasteiger partial charge in [0, 0.05) is 11.4 Å². The Morgan fingerprint density at radius 2 is 2.12 bits per heavy atom. The third kappa shape index (κ3) is 3.06. The molecule has 1 aromatic heterocycles. The SMILES string of the molecule is CCN(Cc1cccs1)C(=O)C(C)(C)C(=O)O. The van der Waals surface area contributed by atoms with Crippen LogP contribution in [0, 0.1) is 5.41 Å². The third-order valence-corrected chi connectivity index (χ3v) is 3.53. The van der Waals surface area contributed by atoms with Crippen molar-refractivity contribution in [3.8, 4) is 0 Å². The number of carboxylic acid groups (broad SMARTS) is 1. The lowest BCUT2D eigenvalue weighted by molar-refractivity contribution is -0.158. The number of nitrogens with zero attached hydrogens (tertiary/aromatic N) is 1. The number of carboxylic acids is 1. The number of amides is 1. The second-order valence-electron chi connectivity index (χ2n) is 4.33. The summed E-state index contributed by atoms with van der Waals surface area (Å²) in [5.41, 5.74) is -1.37. The van der Waals surface area contributed by atoms with Crippen LogP contribution in [0.4, 0.5) is 0 Å². The molecule has 0 saturated carbocycles. The molecule has 1 rings (SSSR count). The van der Waals surface area contributed by atoms with Gasteiger partial charge in [-0.2, -0.15) is 0 Å². The Morgan fingerprint density at radius 1 is 1.47 bits per heavy atom. The summed E-state index contributed by atoms with van der Waals surface area (Å²) >= 11 is 1.56. The van der Waals surface area contributed by atoms with Crippen molar-refractivity contribution in [2.45, 2.75) is 27.3 Å². The first-order chi connectivity index (χ1) is 7.89. The van der Waals surface area contributed by atoms with Crippen LogP contribution >= 0.6 is 11.3 Å². The highest BCUT2D eigenvalue weighted by atomic mass is 32.1. The minimum Gasteiger partial charge on any atom is -0.480 e. The lowest BCUT2D eigenvalue weighted by Crippen LogP contribution is -2.44. The van der Waals surface area contributed by atoms with Crippen molar-refractivity contribution >= 4 is 23.2 Å². The van der Waals surface area contributed by atoms with Crippen LogP contribution < -0.4 is 0 Å². The Morgan fingerprint density at radius 3 is 2.53 bits per heavy atom. The molecular weight excluding hydrogens is 238 g/mol. The van der Waals surface area contributed by atoms with Gasteiger partial charge < -0.3 is 10.0 Å². The predicted octanol–water partition coefficient (Wildman–Crippen LogP) is 2.21. The van der Waals surface area contributed by atoms with Crippen LogP contribution in [0.15, 0.2) is 17.5 Å². The van der Waals surface area contributed by atoms with Crippen molar-refractivity contribution in [3.05, 3.63) is 22.4 Å². The maximum absolute atomic E-state index is 12.1. The fourth-order valence-electron chi connectivity index (χ4n) is 1.40. The van der Waals surface area contributed by atoms with E-state index in [0.29, 0.717) is 13.1 Å². The first-order valence-electron chi connectivity index (χ1n) is 5.44. The molecule has 0 radical (unpaired) electrons. The van der Waals surface area contributed by atoms with E-state index in [1.165, 1.54) is 13.8 Å². The van der Waals surface area contributed by atoms with E-state index in [4.69, 9.17) is 5.11 Å². The predicted molar refractivity (Wildman–Crippen MR) is 66.8 cm³/mol. The topological polar surface area (TPSA) is 57.6 Å². The molecule has 0 aromatic carbocycles. The summed E-state index contributed by atoms with van der Waals surface area (Å²) in [6, 6.07) is 3.86. The molecule has 0 aliphatic heterocycles. The molecule has 0 aliphatic carbocycles. The highest BCUT2D eigenvalue weighted by Crippen LogP contribution is 2.21. The number of rotatable bonds is 5. The summed E-state index contributed by atoms with van der Waals surface area (Å²) in [6.07, 6.45) is 0. The van der Waals surface area contributed by atoms with Crippen LogP contribution in [0.25, 0.3) is 0 Å². The maximum atomic E-state index is 12.1. The average molecular weight is 255 g/mol. The third-order valence-electron chi connectivity index (χ3n) is 2.67. The first-order valence-corrected chi connectivity index (χ1v) is 6.32. The maximum Gasteiger partial charge on any atom is 0.318 e. The van der Waals surface area contributed by atoms with Gasteiger partial charge in [0.1, 0.15) is 5.41 Å². The molecule has 0 fully saturated rings. The van der Waals surface area contributed by atoms with E-state index in [2.05, 4.69) is 0 Å². The van der Waals surface area contributed by atoms with Crippen LogP contribution in [0.1, 0.15) is 25.6 Å². The van der Waals surface area contributed by atoms with Gasteiger partial charge in [0.05, 0.1) is 6.54 Å². The van der Waals surface area contributed by atoms with Gasteiger partial charge >= 0.3 is 5.97 Å². The molecule has 0 saturated heterocycles. The average Bonchev–Trinajstić information content (AvgIpc) is 2.77. The van der Waals surface area contributed by atoms with Gasteiger partial charge in [-0.05, 0) is 32.2 Å². The van der Waals surface area contributed by atoms with E-state index in [-0.39, 0.29) is 5.91 Å². The van der Waals surface area contributed by atoms with Crippen molar-refractivity contribution in [1.29, 1.82) is 0 Å². The second-order valence-corrected chi connectivity index (χ2v) is 5.36. The lowest BCUT2D eigenvalue weighted by Gasteiger charge is -2.27. The number of aliphatic carboxylic acids is 1. The zero-order valence-corrected chi connectivity index (χ0v) is 11.1. The van der Waals surface area contributed by atoms with E-state index in [9.17, 15) is 9.59 Å². The summed E-state index contributed by atoms with van der Waals surface area (Å²) in [6.45, 7) is 5.71. The molecule has 0 atom stereocenters. The molecule has 1 amide bonds. The van der Waals surface area contributed by atoms with Gasteiger partial charge in [-0.3, -0.25) is 9.59 Å². The summed E-state index contributed by atoms with van der Waals surface area (Å²) in [4.78, 5) is 25.8. The fraction of sp³-hybridized carbons (Fsp3) is 0.500. The van der Waals surface area contributed by atoms with E-state index in [0.717, 1.165) is 4.88 Å². The van der Waals surface area contributed by atoms with Crippen LogP contribution in [0.3, 0.4) is 0 Å². The largest absolute Gasteiger partial charge is 0.480 e. The minimum atomic E-state index is -1.37. The Labute approximate surface area is 105 Å². The van der Waals surface area contributed by atoms with Crippen LogP contribution in [0.2, 0.25) is 0 Å². The monoisotopic (exact) mass is 255 g/mol. The van der Waals surface area contributed by atoms with Crippen LogP contribution in [0.5, 0.6) is 0 Å². The molecule has 1 heterocycles. The normalized spacial score (nSPS) is 11.2. The highest BCUT2D eigenvalue weighted by molar-refractivity contribution is 7.09. The van der Waals surface area contributed by atoms with E-state index in [1.54, 1.807) is 16.2 Å². The lowest BCUT2D eigenvalue weighted by atomic mass is 9.92. The molecule has 0 bridgehead atoms.